The van der Waals surface area contributed by atoms with Gasteiger partial charge in [0.15, 0.2) is 10.4 Å². The van der Waals surface area contributed by atoms with Crippen LogP contribution >= 0.6 is 27.5 Å². The van der Waals surface area contributed by atoms with Crippen molar-refractivity contribution < 1.29 is 5.11 Å². The SMILES string of the molecule is Oc1cnn(-c2ccccc2Cl)c1Br. The van der Waals surface area contributed by atoms with E-state index in [-0.39, 0.29) is 5.75 Å². The van der Waals surface area contributed by atoms with E-state index >= 15 is 0 Å². The second kappa shape index (κ2) is 3.63. The van der Waals surface area contributed by atoms with Gasteiger partial charge < -0.3 is 5.11 Å². The fourth-order valence-corrected chi connectivity index (χ4v) is 1.72. The maximum atomic E-state index is 9.32. The van der Waals surface area contributed by atoms with Crippen LogP contribution in [0.25, 0.3) is 5.69 Å². The average Bonchev–Trinajstić information content (AvgIpc) is 2.49. The summed E-state index contributed by atoms with van der Waals surface area (Å²) in [6.45, 7) is 0. The zero-order valence-electron chi connectivity index (χ0n) is 6.98. The Labute approximate surface area is 94.1 Å². The molecule has 0 amide bonds. The molecule has 1 aromatic carbocycles. The molecule has 2 rings (SSSR count). The highest BCUT2D eigenvalue weighted by Gasteiger charge is 2.10. The largest absolute Gasteiger partial charge is 0.504 e. The molecule has 0 saturated carbocycles. The Hall–Kier alpha value is -1.000. The molecule has 0 atom stereocenters. The van der Waals surface area contributed by atoms with Crippen LogP contribution in [0.1, 0.15) is 0 Å². The van der Waals surface area contributed by atoms with Crippen molar-refractivity contribution in [2.75, 3.05) is 0 Å². The summed E-state index contributed by atoms with van der Waals surface area (Å²) in [5.41, 5.74) is 0.723. The summed E-state index contributed by atoms with van der Waals surface area (Å²) < 4.78 is 2.02. The van der Waals surface area contributed by atoms with Crippen molar-refractivity contribution in [3.05, 3.63) is 40.1 Å². The molecule has 0 aliphatic heterocycles. The molecular formula is C9H6BrClN2O. The molecule has 72 valence electrons. The van der Waals surface area contributed by atoms with Crippen molar-refractivity contribution in [1.82, 2.24) is 9.78 Å². The van der Waals surface area contributed by atoms with E-state index in [1.165, 1.54) is 10.9 Å². The summed E-state index contributed by atoms with van der Waals surface area (Å²) in [5, 5.41) is 13.9. The van der Waals surface area contributed by atoms with Gasteiger partial charge in [0.2, 0.25) is 0 Å². The van der Waals surface area contributed by atoms with Crippen LogP contribution in [0, 0.1) is 0 Å². The molecule has 0 bridgehead atoms. The van der Waals surface area contributed by atoms with Crippen LogP contribution in [0.3, 0.4) is 0 Å². The smallest absolute Gasteiger partial charge is 0.168 e. The molecule has 1 N–H and O–H groups in total. The van der Waals surface area contributed by atoms with Crippen LogP contribution in [-0.4, -0.2) is 14.9 Å². The van der Waals surface area contributed by atoms with Gasteiger partial charge in [-0.25, -0.2) is 4.68 Å². The molecule has 1 aromatic heterocycles. The van der Waals surface area contributed by atoms with Gasteiger partial charge in [-0.1, -0.05) is 23.7 Å². The van der Waals surface area contributed by atoms with Gasteiger partial charge in [-0.05, 0) is 28.1 Å². The minimum Gasteiger partial charge on any atom is -0.504 e. The van der Waals surface area contributed by atoms with Crippen molar-refractivity contribution in [3.63, 3.8) is 0 Å². The lowest BCUT2D eigenvalue weighted by Gasteiger charge is -2.04. The number of hydrogen-bond acceptors (Lipinski definition) is 2. The average molecular weight is 274 g/mol. The second-order valence-electron chi connectivity index (χ2n) is 2.68. The number of benzene rings is 1. The van der Waals surface area contributed by atoms with E-state index < -0.39 is 0 Å². The summed E-state index contributed by atoms with van der Waals surface area (Å²) in [5.74, 6) is 0.0879. The van der Waals surface area contributed by atoms with Crippen LogP contribution in [0.4, 0.5) is 0 Å². The van der Waals surface area contributed by atoms with Crippen LogP contribution < -0.4 is 0 Å². The Bertz CT molecular complexity index is 470. The monoisotopic (exact) mass is 272 g/mol. The quantitative estimate of drug-likeness (QED) is 0.867. The number of para-hydroxylation sites is 1. The van der Waals surface area contributed by atoms with E-state index in [2.05, 4.69) is 21.0 Å². The number of aromatic nitrogens is 2. The fourth-order valence-electron chi connectivity index (χ4n) is 1.12. The third-order valence-corrected chi connectivity index (χ3v) is 2.84. The van der Waals surface area contributed by atoms with Crippen molar-refractivity contribution >= 4 is 27.5 Å². The fraction of sp³-hybridized carbons (Fsp3) is 0. The Morgan fingerprint density at radius 2 is 2.07 bits per heavy atom. The van der Waals surface area contributed by atoms with Gasteiger partial charge in [0, 0.05) is 0 Å². The zero-order chi connectivity index (χ0) is 10.1. The normalized spacial score (nSPS) is 10.4. The summed E-state index contributed by atoms with van der Waals surface area (Å²) >= 11 is 9.19. The lowest BCUT2D eigenvalue weighted by atomic mass is 10.3. The molecule has 3 nitrogen and oxygen atoms in total. The lowest BCUT2D eigenvalue weighted by molar-refractivity contribution is 0.471. The molecule has 0 aliphatic carbocycles. The van der Waals surface area contributed by atoms with Gasteiger partial charge in [0.1, 0.15) is 0 Å². The first kappa shape index (κ1) is 9.55. The number of nitrogens with zero attached hydrogens (tertiary/aromatic N) is 2. The standard InChI is InChI=1S/C9H6BrClN2O/c10-9-8(14)5-12-13(9)7-4-2-1-3-6(7)11/h1-5,14H. The van der Waals surface area contributed by atoms with Crippen molar-refractivity contribution in [1.29, 1.82) is 0 Å². The van der Waals surface area contributed by atoms with Gasteiger partial charge >= 0.3 is 0 Å². The van der Waals surface area contributed by atoms with Crippen LogP contribution in [-0.2, 0) is 0 Å². The van der Waals surface area contributed by atoms with E-state index in [4.69, 9.17) is 11.6 Å². The van der Waals surface area contributed by atoms with Crippen molar-refractivity contribution in [2.24, 2.45) is 0 Å². The summed E-state index contributed by atoms with van der Waals surface area (Å²) in [7, 11) is 0. The van der Waals surface area contributed by atoms with E-state index in [0.29, 0.717) is 9.63 Å². The predicted molar refractivity (Wildman–Crippen MR) is 57.9 cm³/mol. The van der Waals surface area contributed by atoms with E-state index in [0.717, 1.165) is 5.69 Å². The highest BCUT2D eigenvalue weighted by Crippen LogP contribution is 2.28. The van der Waals surface area contributed by atoms with Gasteiger partial charge in [0.05, 0.1) is 16.9 Å². The van der Waals surface area contributed by atoms with Crippen LogP contribution in [0.15, 0.2) is 35.1 Å². The third kappa shape index (κ3) is 1.51. The Morgan fingerprint density at radius 1 is 1.36 bits per heavy atom. The molecular weight excluding hydrogens is 267 g/mol. The molecule has 0 aliphatic rings. The molecule has 14 heavy (non-hydrogen) atoms. The van der Waals surface area contributed by atoms with Gasteiger partial charge in [-0.15, -0.1) is 0 Å². The Balaban J connectivity index is 2.60. The Kier molecular flexibility index (Phi) is 2.48. The van der Waals surface area contributed by atoms with E-state index in [1.807, 2.05) is 18.2 Å². The molecule has 2 aromatic rings. The molecule has 0 radical (unpaired) electrons. The summed E-state index contributed by atoms with van der Waals surface area (Å²) in [6.07, 6.45) is 1.35. The van der Waals surface area contributed by atoms with E-state index in [1.54, 1.807) is 6.07 Å². The lowest BCUT2D eigenvalue weighted by Crippen LogP contribution is -1.96. The summed E-state index contributed by atoms with van der Waals surface area (Å²) in [6, 6.07) is 7.27. The number of aromatic hydroxyl groups is 1. The first-order valence-electron chi connectivity index (χ1n) is 3.87. The van der Waals surface area contributed by atoms with Gasteiger partial charge in [0.25, 0.3) is 0 Å². The maximum absolute atomic E-state index is 9.32. The third-order valence-electron chi connectivity index (χ3n) is 1.77. The van der Waals surface area contributed by atoms with Gasteiger partial charge in [-0.3, -0.25) is 0 Å². The second-order valence-corrected chi connectivity index (χ2v) is 3.84. The first-order valence-corrected chi connectivity index (χ1v) is 5.04. The zero-order valence-corrected chi connectivity index (χ0v) is 9.33. The molecule has 5 heteroatoms. The summed E-state index contributed by atoms with van der Waals surface area (Å²) in [4.78, 5) is 0. The number of hydrogen-bond donors (Lipinski definition) is 1. The molecule has 0 fully saturated rings. The highest BCUT2D eigenvalue weighted by molar-refractivity contribution is 9.10. The van der Waals surface area contributed by atoms with E-state index in [9.17, 15) is 5.11 Å². The first-order chi connectivity index (χ1) is 6.70. The van der Waals surface area contributed by atoms with Crippen LogP contribution in [0.5, 0.6) is 5.75 Å². The molecule has 0 saturated heterocycles. The number of halogens is 2. The Morgan fingerprint density at radius 3 is 2.64 bits per heavy atom. The van der Waals surface area contributed by atoms with Gasteiger partial charge in [-0.2, -0.15) is 5.10 Å². The van der Waals surface area contributed by atoms with Crippen LogP contribution in [0.2, 0.25) is 5.02 Å². The van der Waals surface area contributed by atoms with Crippen molar-refractivity contribution in [3.8, 4) is 11.4 Å². The molecule has 0 spiro atoms. The topological polar surface area (TPSA) is 38.1 Å². The molecule has 0 unspecified atom stereocenters. The molecule has 1 heterocycles. The van der Waals surface area contributed by atoms with Crippen molar-refractivity contribution in [2.45, 2.75) is 0 Å². The maximum Gasteiger partial charge on any atom is 0.168 e. The minimum atomic E-state index is 0.0879. The number of rotatable bonds is 1. The highest BCUT2D eigenvalue weighted by atomic mass is 79.9. The predicted octanol–water partition coefficient (Wildman–Crippen LogP) is 2.99. The minimum absolute atomic E-state index is 0.0879.